The molecule has 1 aromatic heterocycles. The number of aromatic nitrogens is 2. The lowest BCUT2D eigenvalue weighted by molar-refractivity contribution is -0.116. The van der Waals surface area contributed by atoms with Gasteiger partial charge in [0.25, 0.3) is 0 Å². The molecule has 24 heavy (non-hydrogen) atoms. The molecule has 0 bridgehead atoms. The first-order chi connectivity index (χ1) is 11.7. The first kappa shape index (κ1) is 15.9. The van der Waals surface area contributed by atoms with Crippen LogP contribution in [0.2, 0.25) is 0 Å². The van der Waals surface area contributed by atoms with Gasteiger partial charge in [0.15, 0.2) is 0 Å². The SMILES string of the molecule is Cc1nccc(-c2cccc(NC(=O)CCc3ccccc3)c2)n1. The molecule has 1 N–H and O–H groups in total. The monoisotopic (exact) mass is 317 g/mol. The molecule has 2 aromatic carbocycles. The lowest BCUT2D eigenvalue weighted by atomic mass is 10.1. The number of aryl methyl sites for hydroxylation is 2. The summed E-state index contributed by atoms with van der Waals surface area (Å²) in [6.07, 6.45) is 2.93. The van der Waals surface area contributed by atoms with Gasteiger partial charge in [0.2, 0.25) is 5.91 Å². The zero-order valence-corrected chi connectivity index (χ0v) is 13.6. The van der Waals surface area contributed by atoms with Gasteiger partial charge in [0, 0.05) is 23.9 Å². The Morgan fingerprint density at radius 2 is 1.88 bits per heavy atom. The minimum atomic E-state index is 0.00914. The van der Waals surface area contributed by atoms with Gasteiger partial charge < -0.3 is 5.32 Å². The predicted molar refractivity (Wildman–Crippen MR) is 95.6 cm³/mol. The molecule has 0 spiro atoms. The van der Waals surface area contributed by atoms with Gasteiger partial charge in [0.05, 0.1) is 5.69 Å². The highest BCUT2D eigenvalue weighted by Crippen LogP contribution is 2.20. The first-order valence-corrected chi connectivity index (χ1v) is 7.94. The Morgan fingerprint density at radius 1 is 1.04 bits per heavy atom. The van der Waals surface area contributed by atoms with Gasteiger partial charge in [-0.15, -0.1) is 0 Å². The summed E-state index contributed by atoms with van der Waals surface area (Å²) in [7, 11) is 0. The van der Waals surface area contributed by atoms with Crippen LogP contribution in [0.1, 0.15) is 17.8 Å². The number of benzene rings is 2. The minimum absolute atomic E-state index is 0.00914. The molecule has 0 saturated carbocycles. The molecule has 1 amide bonds. The Hall–Kier alpha value is -3.01. The molecule has 4 nitrogen and oxygen atoms in total. The van der Waals surface area contributed by atoms with E-state index >= 15 is 0 Å². The number of carbonyl (C=O) groups is 1. The summed E-state index contributed by atoms with van der Waals surface area (Å²) in [4.78, 5) is 20.7. The standard InChI is InChI=1S/C20H19N3O/c1-15-21-13-12-19(22-15)17-8-5-9-18(14-17)23-20(24)11-10-16-6-3-2-4-7-16/h2-9,12-14H,10-11H2,1H3,(H,23,24). The predicted octanol–water partition coefficient (Wildman–Crippen LogP) is 4.02. The van der Waals surface area contributed by atoms with Gasteiger partial charge in [-0.3, -0.25) is 4.79 Å². The second kappa shape index (κ2) is 7.51. The van der Waals surface area contributed by atoms with E-state index in [1.54, 1.807) is 6.20 Å². The van der Waals surface area contributed by atoms with Gasteiger partial charge in [-0.25, -0.2) is 9.97 Å². The van der Waals surface area contributed by atoms with E-state index in [1.807, 2.05) is 67.6 Å². The molecule has 0 fully saturated rings. The van der Waals surface area contributed by atoms with Crippen LogP contribution < -0.4 is 5.32 Å². The molecule has 0 atom stereocenters. The largest absolute Gasteiger partial charge is 0.326 e. The summed E-state index contributed by atoms with van der Waals surface area (Å²) in [6, 6.07) is 19.6. The number of hydrogen-bond donors (Lipinski definition) is 1. The highest BCUT2D eigenvalue weighted by Gasteiger charge is 2.05. The van der Waals surface area contributed by atoms with Crippen LogP contribution >= 0.6 is 0 Å². The first-order valence-electron chi connectivity index (χ1n) is 7.94. The van der Waals surface area contributed by atoms with Crippen molar-refractivity contribution in [3.05, 3.63) is 78.2 Å². The van der Waals surface area contributed by atoms with Crippen LogP contribution in [-0.2, 0) is 11.2 Å². The van der Waals surface area contributed by atoms with E-state index in [0.717, 1.165) is 34.8 Å². The van der Waals surface area contributed by atoms with Gasteiger partial charge in [-0.1, -0.05) is 42.5 Å². The van der Waals surface area contributed by atoms with Crippen molar-refractivity contribution in [3.63, 3.8) is 0 Å². The Bertz CT molecular complexity index is 831. The minimum Gasteiger partial charge on any atom is -0.326 e. The number of hydrogen-bond acceptors (Lipinski definition) is 3. The van der Waals surface area contributed by atoms with Crippen molar-refractivity contribution in [1.29, 1.82) is 0 Å². The van der Waals surface area contributed by atoms with Crippen molar-refractivity contribution >= 4 is 11.6 Å². The summed E-state index contributed by atoms with van der Waals surface area (Å²) in [5.41, 5.74) is 3.75. The highest BCUT2D eigenvalue weighted by atomic mass is 16.1. The normalized spacial score (nSPS) is 10.4. The zero-order chi connectivity index (χ0) is 16.8. The summed E-state index contributed by atoms with van der Waals surface area (Å²) < 4.78 is 0. The third-order valence-electron chi connectivity index (χ3n) is 3.70. The molecule has 0 aliphatic carbocycles. The fourth-order valence-electron chi connectivity index (χ4n) is 2.50. The van der Waals surface area contributed by atoms with E-state index < -0.39 is 0 Å². The second-order valence-corrected chi connectivity index (χ2v) is 5.60. The Kier molecular flexibility index (Phi) is 4.96. The van der Waals surface area contributed by atoms with Gasteiger partial charge in [-0.2, -0.15) is 0 Å². The number of carbonyl (C=O) groups excluding carboxylic acids is 1. The molecule has 1 heterocycles. The summed E-state index contributed by atoms with van der Waals surface area (Å²) >= 11 is 0. The van der Waals surface area contributed by atoms with Crippen molar-refractivity contribution in [2.24, 2.45) is 0 Å². The summed E-state index contributed by atoms with van der Waals surface area (Å²) in [6.45, 7) is 1.86. The van der Waals surface area contributed by atoms with Gasteiger partial charge in [0.1, 0.15) is 5.82 Å². The summed E-state index contributed by atoms with van der Waals surface area (Å²) in [5.74, 6) is 0.736. The highest BCUT2D eigenvalue weighted by molar-refractivity contribution is 5.91. The number of nitrogens with one attached hydrogen (secondary N) is 1. The van der Waals surface area contributed by atoms with E-state index in [-0.39, 0.29) is 5.91 Å². The maximum atomic E-state index is 12.2. The topological polar surface area (TPSA) is 54.9 Å². The molecule has 0 aliphatic rings. The fraction of sp³-hybridized carbons (Fsp3) is 0.150. The Labute approximate surface area is 141 Å². The van der Waals surface area contributed by atoms with Crippen LogP contribution in [0.25, 0.3) is 11.3 Å². The molecule has 0 radical (unpaired) electrons. The third-order valence-corrected chi connectivity index (χ3v) is 3.70. The Morgan fingerprint density at radius 3 is 2.67 bits per heavy atom. The molecule has 120 valence electrons. The van der Waals surface area contributed by atoms with Crippen molar-refractivity contribution in [2.75, 3.05) is 5.32 Å². The van der Waals surface area contributed by atoms with Crippen LogP contribution in [0.5, 0.6) is 0 Å². The average Bonchev–Trinajstić information content (AvgIpc) is 2.61. The van der Waals surface area contributed by atoms with E-state index in [4.69, 9.17) is 0 Å². The molecular formula is C20H19N3O. The molecule has 0 saturated heterocycles. The molecular weight excluding hydrogens is 298 g/mol. The molecule has 0 unspecified atom stereocenters. The van der Waals surface area contributed by atoms with E-state index in [2.05, 4.69) is 15.3 Å². The third kappa shape index (κ3) is 4.26. The lowest BCUT2D eigenvalue weighted by Crippen LogP contribution is -2.12. The van der Waals surface area contributed by atoms with Crippen LogP contribution in [0, 0.1) is 6.92 Å². The number of rotatable bonds is 5. The molecule has 4 heteroatoms. The zero-order valence-electron chi connectivity index (χ0n) is 13.6. The maximum absolute atomic E-state index is 12.2. The van der Waals surface area contributed by atoms with Crippen LogP contribution in [0.15, 0.2) is 66.9 Å². The van der Waals surface area contributed by atoms with Crippen molar-refractivity contribution in [3.8, 4) is 11.3 Å². The lowest BCUT2D eigenvalue weighted by Gasteiger charge is -2.08. The average molecular weight is 317 g/mol. The van der Waals surface area contributed by atoms with Crippen molar-refractivity contribution < 1.29 is 4.79 Å². The van der Waals surface area contributed by atoms with Gasteiger partial charge >= 0.3 is 0 Å². The van der Waals surface area contributed by atoms with E-state index in [0.29, 0.717) is 6.42 Å². The number of nitrogens with zero attached hydrogens (tertiary/aromatic N) is 2. The number of anilines is 1. The Balaban J connectivity index is 1.65. The smallest absolute Gasteiger partial charge is 0.224 e. The molecule has 0 aliphatic heterocycles. The van der Waals surface area contributed by atoms with Gasteiger partial charge in [-0.05, 0) is 37.1 Å². The van der Waals surface area contributed by atoms with Crippen LogP contribution in [0.3, 0.4) is 0 Å². The summed E-state index contributed by atoms with van der Waals surface area (Å²) in [5, 5.41) is 2.95. The molecule has 3 aromatic rings. The molecule has 3 rings (SSSR count). The van der Waals surface area contributed by atoms with Crippen LogP contribution in [-0.4, -0.2) is 15.9 Å². The van der Waals surface area contributed by atoms with E-state index in [1.165, 1.54) is 0 Å². The van der Waals surface area contributed by atoms with Crippen LogP contribution in [0.4, 0.5) is 5.69 Å². The maximum Gasteiger partial charge on any atom is 0.224 e. The van der Waals surface area contributed by atoms with Crippen molar-refractivity contribution in [2.45, 2.75) is 19.8 Å². The quantitative estimate of drug-likeness (QED) is 0.773. The van der Waals surface area contributed by atoms with Crippen molar-refractivity contribution in [1.82, 2.24) is 9.97 Å². The number of amides is 1. The second-order valence-electron chi connectivity index (χ2n) is 5.60. The van der Waals surface area contributed by atoms with E-state index in [9.17, 15) is 4.79 Å². The fourth-order valence-corrected chi connectivity index (χ4v) is 2.50.